The van der Waals surface area contributed by atoms with Gasteiger partial charge in [0.1, 0.15) is 0 Å². The van der Waals surface area contributed by atoms with Crippen LogP contribution in [0.2, 0.25) is 0 Å². The maximum absolute atomic E-state index is 12.9. The molecule has 3 rings (SSSR count). The Bertz CT molecular complexity index is 507. The fourth-order valence-corrected chi connectivity index (χ4v) is 4.56. The Morgan fingerprint density at radius 3 is 2.70 bits per heavy atom. The van der Waals surface area contributed by atoms with Crippen LogP contribution in [0.4, 0.5) is 0 Å². The molecular weight excluding hydrogens is 344 g/mol. The number of nitrogens with one attached hydrogen (secondary N) is 2. The molecule has 0 aromatic heterocycles. The maximum atomic E-state index is 12.9. The number of carbonyl (C=O) groups excluding carboxylic acids is 2. The van der Waals surface area contributed by atoms with Crippen LogP contribution in [0.15, 0.2) is 0 Å². The van der Waals surface area contributed by atoms with E-state index >= 15 is 0 Å². The van der Waals surface area contributed by atoms with Crippen molar-refractivity contribution in [1.29, 1.82) is 0 Å². The Labute approximate surface area is 163 Å². The highest BCUT2D eigenvalue weighted by Crippen LogP contribution is 2.30. The van der Waals surface area contributed by atoms with Gasteiger partial charge in [0, 0.05) is 37.7 Å². The molecule has 7 heteroatoms. The zero-order chi connectivity index (χ0) is 19.2. The Hall–Kier alpha value is -1.18. The van der Waals surface area contributed by atoms with E-state index < -0.39 is 0 Å². The van der Waals surface area contributed by atoms with Crippen molar-refractivity contribution < 1.29 is 14.3 Å². The molecule has 1 saturated carbocycles. The number of rotatable bonds is 6. The van der Waals surface area contributed by atoms with Crippen LogP contribution in [0.1, 0.15) is 45.4 Å². The highest BCUT2D eigenvalue weighted by atomic mass is 16.5. The molecule has 2 heterocycles. The quantitative estimate of drug-likeness (QED) is 0.706. The standard InChI is InChI=1S/C20H36N4O3/c1-3-12-27-18-13-15(20(26)24-11-8-21-19(25)14-24)4-5-17(18)22-16-6-9-23(2)10-7-16/h15-18,22H,3-14H2,1-2H3,(H,21,25)/t15-,17-,18-/m0/s1. The first-order chi connectivity index (χ1) is 13.1. The van der Waals surface area contributed by atoms with E-state index in [1.54, 1.807) is 4.90 Å². The predicted octanol–water partition coefficient (Wildman–Crippen LogP) is 0.593. The molecule has 3 atom stereocenters. The van der Waals surface area contributed by atoms with Crippen molar-refractivity contribution in [2.24, 2.45) is 5.92 Å². The number of nitrogens with zero attached hydrogens (tertiary/aromatic N) is 2. The van der Waals surface area contributed by atoms with Crippen LogP contribution < -0.4 is 10.6 Å². The van der Waals surface area contributed by atoms with E-state index in [2.05, 4.69) is 29.5 Å². The van der Waals surface area contributed by atoms with Crippen molar-refractivity contribution in [2.75, 3.05) is 46.4 Å². The summed E-state index contributed by atoms with van der Waals surface area (Å²) >= 11 is 0. The first-order valence-electron chi connectivity index (χ1n) is 10.7. The Balaban J connectivity index is 1.56. The van der Waals surface area contributed by atoms with Gasteiger partial charge in [-0.2, -0.15) is 0 Å². The van der Waals surface area contributed by atoms with E-state index in [1.807, 2.05) is 0 Å². The smallest absolute Gasteiger partial charge is 0.239 e. The van der Waals surface area contributed by atoms with Crippen LogP contribution in [-0.4, -0.2) is 86.2 Å². The summed E-state index contributed by atoms with van der Waals surface area (Å²) in [6.07, 6.45) is 6.05. The third-order valence-corrected chi connectivity index (χ3v) is 6.20. The minimum absolute atomic E-state index is 0.0201. The summed E-state index contributed by atoms with van der Waals surface area (Å²) < 4.78 is 6.17. The third kappa shape index (κ3) is 5.65. The highest BCUT2D eigenvalue weighted by Gasteiger charge is 2.38. The molecule has 2 saturated heterocycles. The number of ether oxygens (including phenoxy) is 1. The summed E-state index contributed by atoms with van der Waals surface area (Å²) in [4.78, 5) is 28.6. The zero-order valence-corrected chi connectivity index (χ0v) is 16.9. The summed E-state index contributed by atoms with van der Waals surface area (Å²) in [5.74, 6) is 0.0620. The van der Waals surface area contributed by atoms with Gasteiger partial charge in [-0.05, 0) is 58.7 Å². The number of hydrogen-bond acceptors (Lipinski definition) is 5. The number of piperidine rings is 1. The second-order valence-corrected chi connectivity index (χ2v) is 8.38. The van der Waals surface area contributed by atoms with Crippen LogP contribution in [-0.2, 0) is 14.3 Å². The van der Waals surface area contributed by atoms with Gasteiger partial charge in [-0.3, -0.25) is 9.59 Å². The fourth-order valence-electron chi connectivity index (χ4n) is 4.56. The van der Waals surface area contributed by atoms with Crippen molar-refractivity contribution in [1.82, 2.24) is 20.4 Å². The lowest BCUT2D eigenvalue weighted by Gasteiger charge is -2.41. The third-order valence-electron chi connectivity index (χ3n) is 6.20. The summed E-state index contributed by atoms with van der Waals surface area (Å²) in [6, 6.07) is 0.885. The van der Waals surface area contributed by atoms with Crippen LogP contribution in [0.25, 0.3) is 0 Å². The van der Waals surface area contributed by atoms with Crippen molar-refractivity contribution in [3.05, 3.63) is 0 Å². The SMILES string of the molecule is CCCO[C@H]1C[C@@H](C(=O)N2CCNC(=O)C2)CC[C@@H]1NC1CCN(C)CC1. The van der Waals surface area contributed by atoms with Crippen molar-refractivity contribution >= 4 is 11.8 Å². The molecule has 3 fully saturated rings. The van der Waals surface area contributed by atoms with Crippen LogP contribution in [0.3, 0.4) is 0 Å². The lowest BCUT2D eigenvalue weighted by Crippen LogP contribution is -2.55. The van der Waals surface area contributed by atoms with E-state index in [1.165, 1.54) is 12.8 Å². The topological polar surface area (TPSA) is 73.9 Å². The molecule has 2 amide bonds. The Morgan fingerprint density at radius 2 is 2.00 bits per heavy atom. The van der Waals surface area contributed by atoms with Crippen LogP contribution in [0.5, 0.6) is 0 Å². The summed E-state index contributed by atoms with van der Waals surface area (Å²) in [5.41, 5.74) is 0. The van der Waals surface area contributed by atoms with Gasteiger partial charge in [-0.25, -0.2) is 0 Å². The molecule has 0 bridgehead atoms. The van der Waals surface area contributed by atoms with E-state index in [0.29, 0.717) is 25.2 Å². The molecule has 154 valence electrons. The summed E-state index contributed by atoms with van der Waals surface area (Å²) in [6.45, 7) is 6.53. The largest absolute Gasteiger partial charge is 0.377 e. The molecule has 7 nitrogen and oxygen atoms in total. The van der Waals surface area contributed by atoms with Gasteiger partial charge in [0.2, 0.25) is 11.8 Å². The van der Waals surface area contributed by atoms with E-state index in [-0.39, 0.29) is 30.4 Å². The molecule has 0 radical (unpaired) electrons. The maximum Gasteiger partial charge on any atom is 0.239 e. The van der Waals surface area contributed by atoms with E-state index in [4.69, 9.17) is 4.74 Å². The van der Waals surface area contributed by atoms with Gasteiger partial charge in [0.15, 0.2) is 0 Å². The van der Waals surface area contributed by atoms with E-state index in [0.717, 1.165) is 45.4 Å². The van der Waals surface area contributed by atoms with E-state index in [9.17, 15) is 9.59 Å². The van der Waals surface area contributed by atoms with Crippen molar-refractivity contribution in [3.8, 4) is 0 Å². The average Bonchev–Trinajstić information content (AvgIpc) is 2.68. The predicted molar refractivity (Wildman–Crippen MR) is 104 cm³/mol. The van der Waals surface area contributed by atoms with Crippen LogP contribution in [0, 0.1) is 5.92 Å². The monoisotopic (exact) mass is 380 g/mol. The van der Waals surface area contributed by atoms with Gasteiger partial charge >= 0.3 is 0 Å². The molecule has 0 aromatic rings. The minimum Gasteiger partial charge on any atom is -0.377 e. The number of likely N-dealkylation sites (tertiary alicyclic amines) is 1. The molecule has 27 heavy (non-hydrogen) atoms. The van der Waals surface area contributed by atoms with Gasteiger partial charge < -0.3 is 25.2 Å². The molecule has 3 aliphatic rings. The fraction of sp³-hybridized carbons (Fsp3) is 0.900. The van der Waals surface area contributed by atoms with Gasteiger partial charge in [-0.15, -0.1) is 0 Å². The van der Waals surface area contributed by atoms with Crippen molar-refractivity contribution in [2.45, 2.75) is 63.6 Å². The zero-order valence-electron chi connectivity index (χ0n) is 16.9. The lowest BCUT2D eigenvalue weighted by molar-refractivity contribution is -0.144. The molecule has 1 aliphatic carbocycles. The van der Waals surface area contributed by atoms with Crippen molar-refractivity contribution in [3.63, 3.8) is 0 Å². The molecule has 0 spiro atoms. The van der Waals surface area contributed by atoms with Gasteiger partial charge in [0.25, 0.3) is 0 Å². The summed E-state index contributed by atoms with van der Waals surface area (Å²) in [7, 11) is 2.18. The lowest BCUT2D eigenvalue weighted by atomic mass is 9.82. The normalized spacial score (nSPS) is 31.0. The number of carbonyl (C=O) groups is 2. The molecule has 0 aromatic carbocycles. The second-order valence-electron chi connectivity index (χ2n) is 8.38. The van der Waals surface area contributed by atoms with Crippen LogP contribution >= 0.6 is 0 Å². The first-order valence-corrected chi connectivity index (χ1v) is 10.7. The van der Waals surface area contributed by atoms with Gasteiger partial charge in [-0.1, -0.05) is 6.92 Å². The first kappa shape index (κ1) is 20.6. The van der Waals surface area contributed by atoms with Gasteiger partial charge in [0.05, 0.1) is 12.6 Å². The number of piperazine rings is 1. The molecule has 2 aliphatic heterocycles. The average molecular weight is 381 g/mol. The molecule has 2 N–H and O–H groups in total. The highest BCUT2D eigenvalue weighted by molar-refractivity contribution is 5.87. The number of amides is 2. The molecule has 0 unspecified atom stereocenters. The number of hydrogen-bond donors (Lipinski definition) is 2. The summed E-state index contributed by atoms with van der Waals surface area (Å²) in [5, 5.41) is 6.63. The minimum atomic E-state index is -0.0500. The second kappa shape index (κ2) is 9.85. The molecular formula is C20H36N4O3. The Morgan fingerprint density at radius 1 is 1.22 bits per heavy atom. The Kier molecular flexibility index (Phi) is 7.49.